The zero-order valence-corrected chi connectivity index (χ0v) is 14.6. The van der Waals surface area contributed by atoms with Gasteiger partial charge in [-0.15, -0.1) is 0 Å². The van der Waals surface area contributed by atoms with Crippen LogP contribution >= 0.6 is 23.8 Å². The number of aromatic carboxylic acids is 1. The van der Waals surface area contributed by atoms with Gasteiger partial charge in [0.15, 0.2) is 5.11 Å². The second-order valence-corrected chi connectivity index (χ2v) is 6.29. The third-order valence-electron chi connectivity index (χ3n) is 3.74. The summed E-state index contributed by atoms with van der Waals surface area (Å²) in [6.07, 6.45) is 1.61. The van der Waals surface area contributed by atoms with Crippen molar-refractivity contribution in [2.24, 2.45) is 0 Å². The zero-order valence-electron chi connectivity index (χ0n) is 13.1. The van der Waals surface area contributed by atoms with Crippen LogP contribution in [0.25, 0.3) is 6.08 Å². The molecule has 1 aliphatic heterocycles. The molecule has 1 aliphatic rings. The van der Waals surface area contributed by atoms with E-state index in [-0.39, 0.29) is 16.6 Å². The van der Waals surface area contributed by atoms with Crippen LogP contribution in [-0.2, 0) is 4.79 Å². The maximum atomic E-state index is 12.7. The van der Waals surface area contributed by atoms with E-state index < -0.39 is 5.97 Å². The first-order valence-corrected chi connectivity index (χ1v) is 8.10. The fourth-order valence-electron chi connectivity index (χ4n) is 2.51. The molecule has 0 unspecified atom stereocenters. The van der Waals surface area contributed by atoms with Crippen LogP contribution in [0.5, 0.6) is 0 Å². The highest BCUT2D eigenvalue weighted by Crippen LogP contribution is 2.28. The van der Waals surface area contributed by atoms with Crippen molar-refractivity contribution in [1.82, 2.24) is 5.32 Å². The summed E-state index contributed by atoms with van der Waals surface area (Å²) in [7, 11) is 0. The Labute approximate surface area is 154 Å². The van der Waals surface area contributed by atoms with Crippen LogP contribution < -0.4 is 15.3 Å². The van der Waals surface area contributed by atoms with Crippen molar-refractivity contribution in [2.45, 2.75) is 6.92 Å². The van der Waals surface area contributed by atoms with E-state index in [0.29, 0.717) is 22.0 Å². The highest BCUT2D eigenvalue weighted by atomic mass is 35.5. The Bertz CT molecular complexity index is 922. The standard InChI is InChI=1S/C18H13ClN2O3S/c1-10-8-13(19)6-7-15(10)21-16(22)14(20-18(21)25)9-11-2-4-12(5-3-11)17(23)24/h2-9H,1H3,(H,20,25)(H,23,24)/p-1/b14-9+. The van der Waals surface area contributed by atoms with Crippen LogP contribution in [0.3, 0.4) is 0 Å². The number of rotatable bonds is 3. The number of amides is 1. The second kappa shape index (κ2) is 6.66. The molecule has 0 bridgehead atoms. The topological polar surface area (TPSA) is 72.5 Å². The Kier molecular flexibility index (Phi) is 4.57. The van der Waals surface area contributed by atoms with Crippen molar-refractivity contribution < 1.29 is 14.7 Å². The summed E-state index contributed by atoms with van der Waals surface area (Å²) in [5, 5.41) is 14.5. The van der Waals surface area contributed by atoms with Crippen molar-refractivity contribution in [3.63, 3.8) is 0 Å². The first-order valence-electron chi connectivity index (χ1n) is 7.31. The number of nitrogens with one attached hydrogen (secondary N) is 1. The lowest BCUT2D eigenvalue weighted by Crippen LogP contribution is -2.30. The maximum Gasteiger partial charge on any atom is 0.281 e. The highest BCUT2D eigenvalue weighted by Gasteiger charge is 2.32. The van der Waals surface area contributed by atoms with Gasteiger partial charge in [0, 0.05) is 5.02 Å². The number of carbonyl (C=O) groups excluding carboxylic acids is 2. The van der Waals surface area contributed by atoms with Crippen molar-refractivity contribution in [2.75, 3.05) is 4.90 Å². The Hall–Kier alpha value is -2.70. The van der Waals surface area contributed by atoms with Crippen LogP contribution in [-0.4, -0.2) is 17.0 Å². The van der Waals surface area contributed by atoms with Gasteiger partial charge in [-0.2, -0.15) is 0 Å². The fraction of sp³-hybridized carbons (Fsp3) is 0.0556. The summed E-state index contributed by atoms with van der Waals surface area (Å²) >= 11 is 11.2. The minimum absolute atomic E-state index is 0.0711. The number of benzene rings is 2. The molecular weight excluding hydrogens is 360 g/mol. The molecule has 1 N–H and O–H groups in total. The average Bonchev–Trinajstić information content (AvgIpc) is 2.82. The summed E-state index contributed by atoms with van der Waals surface area (Å²) in [4.78, 5) is 24.9. The van der Waals surface area contributed by atoms with E-state index in [2.05, 4.69) is 5.32 Å². The minimum Gasteiger partial charge on any atom is -0.545 e. The first-order chi connectivity index (χ1) is 11.9. The van der Waals surface area contributed by atoms with E-state index in [4.69, 9.17) is 23.8 Å². The number of hydrogen-bond donors (Lipinski definition) is 1. The second-order valence-electron chi connectivity index (χ2n) is 5.47. The average molecular weight is 372 g/mol. The molecule has 5 nitrogen and oxygen atoms in total. The molecule has 2 aromatic carbocycles. The van der Waals surface area contributed by atoms with Crippen LogP contribution in [0.4, 0.5) is 5.69 Å². The van der Waals surface area contributed by atoms with Gasteiger partial charge in [-0.1, -0.05) is 35.9 Å². The summed E-state index contributed by atoms with van der Waals surface area (Å²) < 4.78 is 0. The van der Waals surface area contributed by atoms with E-state index in [9.17, 15) is 14.7 Å². The first kappa shape index (κ1) is 17.1. The van der Waals surface area contributed by atoms with Gasteiger partial charge in [0.25, 0.3) is 5.91 Å². The molecule has 1 heterocycles. The Morgan fingerprint density at radius 2 is 1.92 bits per heavy atom. The van der Waals surface area contributed by atoms with Gasteiger partial charge in [-0.25, -0.2) is 0 Å². The number of hydrogen-bond acceptors (Lipinski definition) is 4. The smallest absolute Gasteiger partial charge is 0.281 e. The lowest BCUT2D eigenvalue weighted by Gasteiger charge is -2.16. The number of thiocarbonyl (C=S) groups is 1. The largest absolute Gasteiger partial charge is 0.545 e. The molecule has 0 atom stereocenters. The van der Waals surface area contributed by atoms with Gasteiger partial charge in [-0.3, -0.25) is 9.69 Å². The monoisotopic (exact) mass is 371 g/mol. The Morgan fingerprint density at radius 1 is 1.24 bits per heavy atom. The van der Waals surface area contributed by atoms with Gasteiger partial charge in [-0.05, 0) is 60.1 Å². The lowest BCUT2D eigenvalue weighted by molar-refractivity contribution is -0.255. The Morgan fingerprint density at radius 3 is 2.52 bits per heavy atom. The molecule has 0 aliphatic carbocycles. The van der Waals surface area contributed by atoms with E-state index in [1.807, 2.05) is 6.92 Å². The van der Waals surface area contributed by atoms with E-state index in [0.717, 1.165) is 5.56 Å². The van der Waals surface area contributed by atoms with Crippen LogP contribution in [0.2, 0.25) is 5.02 Å². The molecule has 0 aromatic heterocycles. The fourth-order valence-corrected chi connectivity index (χ4v) is 3.02. The Balaban J connectivity index is 1.91. The van der Waals surface area contributed by atoms with Gasteiger partial charge < -0.3 is 15.2 Å². The molecule has 126 valence electrons. The van der Waals surface area contributed by atoms with Gasteiger partial charge >= 0.3 is 0 Å². The number of carbonyl (C=O) groups is 2. The van der Waals surface area contributed by atoms with Crippen molar-refractivity contribution in [3.8, 4) is 0 Å². The lowest BCUT2D eigenvalue weighted by atomic mass is 10.1. The summed E-state index contributed by atoms with van der Waals surface area (Å²) in [6.45, 7) is 1.84. The molecule has 1 fully saturated rings. The third-order valence-corrected chi connectivity index (χ3v) is 4.26. The van der Waals surface area contributed by atoms with E-state index in [1.54, 1.807) is 36.4 Å². The zero-order chi connectivity index (χ0) is 18.1. The van der Waals surface area contributed by atoms with Crippen molar-refractivity contribution >= 4 is 52.6 Å². The van der Waals surface area contributed by atoms with E-state index >= 15 is 0 Å². The van der Waals surface area contributed by atoms with Gasteiger partial charge in [0.05, 0.1) is 11.7 Å². The number of halogens is 1. The third kappa shape index (κ3) is 3.40. The van der Waals surface area contributed by atoms with Crippen molar-refractivity contribution in [3.05, 3.63) is 69.9 Å². The van der Waals surface area contributed by atoms with Crippen LogP contribution in [0.15, 0.2) is 48.2 Å². The molecule has 1 saturated heterocycles. The molecule has 2 aromatic rings. The number of carboxylic acids is 1. The van der Waals surface area contributed by atoms with Crippen LogP contribution in [0, 0.1) is 6.92 Å². The molecule has 7 heteroatoms. The molecule has 3 rings (SSSR count). The number of nitrogens with zero attached hydrogens (tertiary/aromatic N) is 1. The SMILES string of the molecule is Cc1cc(Cl)ccc1N1C(=O)/C(=C\c2ccc(C(=O)[O-])cc2)NC1=S. The van der Waals surface area contributed by atoms with E-state index in [1.165, 1.54) is 17.0 Å². The molecule has 25 heavy (non-hydrogen) atoms. The number of carboxylic acid groups (broad SMARTS) is 1. The number of anilines is 1. The summed E-state index contributed by atoms with van der Waals surface area (Å²) in [5.41, 5.74) is 2.52. The predicted molar refractivity (Wildman–Crippen MR) is 98.2 cm³/mol. The molecule has 1 amide bonds. The van der Waals surface area contributed by atoms with Crippen LogP contribution in [0.1, 0.15) is 21.5 Å². The van der Waals surface area contributed by atoms with Gasteiger partial charge in [0.2, 0.25) is 0 Å². The van der Waals surface area contributed by atoms with Gasteiger partial charge in [0.1, 0.15) is 5.70 Å². The minimum atomic E-state index is -1.25. The highest BCUT2D eigenvalue weighted by molar-refractivity contribution is 7.80. The molecule has 0 saturated carbocycles. The van der Waals surface area contributed by atoms with Crippen molar-refractivity contribution in [1.29, 1.82) is 0 Å². The number of aryl methyl sites for hydroxylation is 1. The molecule has 0 spiro atoms. The molecule has 0 radical (unpaired) electrons. The maximum absolute atomic E-state index is 12.7. The molecular formula is C18H12ClN2O3S-. The normalized spacial score (nSPS) is 15.6. The quantitative estimate of drug-likeness (QED) is 0.662. The summed E-state index contributed by atoms with van der Waals surface area (Å²) in [6, 6.07) is 11.2. The summed E-state index contributed by atoms with van der Waals surface area (Å²) in [5.74, 6) is -1.54. The predicted octanol–water partition coefficient (Wildman–Crippen LogP) is 2.27.